The van der Waals surface area contributed by atoms with E-state index in [2.05, 4.69) is 27.9 Å². The molecule has 16 heavy (non-hydrogen) atoms. The number of anilines is 1. The fourth-order valence-electron chi connectivity index (χ4n) is 1.34. The van der Waals surface area contributed by atoms with E-state index in [4.69, 9.17) is 4.74 Å². The quantitative estimate of drug-likeness (QED) is 0.510. The van der Waals surface area contributed by atoms with Gasteiger partial charge in [-0.3, -0.25) is 10.1 Å². The Hall–Kier alpha value is -0.890. The Bertz CT molecular complexity index is 384. The van der Waals surface area contributed by atoms with Crippen LogP contribution in [0.4, 0.5) is 11.4 Å². The lowest BCUT2D eigenvalue weighted by Crippen LogP contribution is -2.21. The lowest BCUT2D eigenvalue weighted by molar-refractivity contribution is -0.384. The number of hydrogen-bond acceptors (Lipinski definition) is 4. The average molecular weight is 336 g/mol. The third-order valence-electron chi connectivity index (χ3n) is 1.97. The molecule has 1 N–H and O–H groups in total. The van der Waals surface area contributed by atoms with Crippen molar-refractivity contribution in [1.82, 2.24) is 0 Å². The van der Waals surface area contributed by atoms with Crippen molar-refractivity contribution >= 4 is 34.0 Å². The summed E-state index contributed by atoms with van der Waals surface area (Å²) in [6.07, 6.45) is 0. The van der Waals surface area contributed by atoms with E-state index < -0.39 is 4.92 Å². The summed E-state index contributed by atoms with van der Waals surface area (Å²) in [6, 6.07) is 5.00. The summed E-state index contributed by atoms with van der Waals surface area (Å²) < 4.78 is 5.93. The minimum atomic E-state index is -0.391. The molecule has 5 nitrogen and oxygen atoms in total. The maximum absolute atomic E-state index is 10.8. The molecule has 1 aromatic rings. The van der Waals surface area contributed by atoms with Crippen LogP contribution < -0.4 is 5.32 Å². The van der Waals surface area contributed by atoms with Gasteiger partial charge >= 0.3 is 0 Å². The molecule has 0 aliphatic rings. The van der Waals surface area contributed by atoms with E-state index in [0.717, 1.165) is 3.57 Å². The van der Waals surface area contributed by atoms with E-state index in [-0.39, 0.29) is 11.7 Å². The van der Waals surface area contributed by atoms with Crippen molar-refractivity contribution in [3.05, 3.63) is 31.9 Å². The van der Waals surface area contributed by atoms with E-state index in [1.54, 1.807) is 19.2 Å². The van der Waals surface area contributed by atoms with Gasteiger partial charge in [0.1, 0.15) is 5.69 Å². The molecule has 6 heteroatoms. The fourth-order valence-corrected chi connectivity index (χ4v) is 1.83. The van der Waals surface area contributed by atoms with Crippen molar-refractivity contribution in [2.24, 2.45) is 0 Å². The van der Waals surface area contributed by atoms with Crippen LogP contribution in [-0.4, -0.2) is 24.7 Å². The summed E-state index contributed by atoms with van der Waals surface area (Å²) >= 11 is 2.12. The summed E-state index contributed by atoms with van der Waals surface area (Å²) in [7, 11) is 1.60. The summed E-state index contributed by atoms with van der Waals surface area (Å²) in [5.74, 6) is 0. The van der Waals surface area contributed by atoms with Crippen LogP contribution in [0.3, 0.4) is 0 Å². The van der Waals surface area contributed by atoms with E-state index in [9.17, 15) is 10.1 Å². The molecule has 0 fully saturated rings. The zero-order valence-corrected chi connectivity index (χ0v) is 11.2. The van der Waals surface area contributed by atoms with Crippen molar-refractivity contribution in [2.75, 3.05) is 19.0 Å². The predicted octanol–water partition coefficient (Wildman–Crippen LogP) is 2.65. The molecule has 0 heterocycles. The van der Waals surface area contributed by atoms with Gasteiger partial charge in [0.05, 0.1) is 11.5 Å². The number of nitrogens with zero attached hydrogens (tertiary/aromatic N) is 1. The summed E-state index contributed by atoms with van der Waals surface area (Å²) in [4.78, 5) is 10.4. The van der Waals surface area contributed by atoms with Gasteiger partial charge in [0.25, 0.3) is 5.69 Å². The number of methoxy groups -OCH3 is 1. The Kier molecular flexibility index (Phi) is 4.94. The molecule has 0 spiro atoms. The van der Waals surface area contributed by atoms with Gasteiger partial charge < -0.3 is 10.1 Å². The molecule has 0 aromatic heterocycles. The molecule has 88 valence electrons. The molecular formula is C10H13IN2O3. The van der Waals surface area contributed by atoms with Crippen molar-refractivity contribution in [2.45, 2.75) is 13.0 Å². The van der Waals surface area contributed by atoms with Gasteiger partial charge in [-0.15, -0.1) is 0 Å². The van der Waals surface area contributed by atoms with Gasteiger partial charge in [-0.2, -0.15) is 0 Å². The molecule has 0 radical (unpaired) electrons. The Labute approximate surface area is 107 Å². The SMILES string of the molecule is COC[C@@H](C)Nc1cc(I)ccc1[N+](=O)[O-]. The second kappa shape index (κ2) is 6.00. The molecular weight excluding hydrogens is 323 g/mol. The minimum absolute atomic E-state index is 0.0295. The van der Waals surface area contributed by atoms with Gasteiger partial charge in [-0.1, -0.05) is 0 Å². The molecule has 1 aromatic carbocycles. The second-order valence-corrected chi connectivity index (χ2v) is 4.66. The third kappa shape index (κ3) is 3.60. The van der Waals surface area contributed by atoms with Crippen LogP contribution in [0, 0.1) is 13.7 Å². The Morgan fingerprint density at radius 1 is 1.62 bits per heavy atom. The molecule has 0 saturated carbocycles. The average Bonchev–Trinajstić information content (AvgIpc) is 2.17. The van der Waals surface area contributed by atoms with Crippen LogP contribution in [0.15, 0.2) is 18.2 Å². The largest absolute Gasteiger partial charge is 0.383 e. The van der Waals surface area contributed by atoms with Gasteiger partial charge in [0.2, 0.25) is 0 Å². The smallest absolute Gasteiger partial charge is 0.292 e. The number of nitro benzene ring substituents is 1. The maximum atomic E-state index is 10.8. The zero-order valence-electron chi connectivity index (χ0n) is 9.07. The van der Waals surface area contributed by atoms with Gasteiger partial charge in [-0.25, -0.2) is 0 Å². The number of hydrogen-bond donors (Lipinski definition) is 1. The lowest BCUT2D eigenvalue weighted by Gasteiger charge is -2.14. The Balaban J connectivity index is 2.92. The zero-order chi connectivity index (χ0) is 12.1. The number of halogens is 1. The predicted molar refractivity (Wildman–Crippen MR) is 70.8 cm³/mol. The minimum Gasteiger partial charge on any atom is -0.383 e. The topological polar surface area (TPSA) is 64.4 Å². The molecule has 1 rings (SSSR count). The molecule has 0 saturated heterocycles. The monoisotopic (exact) mass is 336 g/mol. The second-order valence-electron chi connectivity index (χ2n) is 3.42. The van der Waals surface area contributed by atoms with Crippen molar-refractivity contribution in [1.29, 1.82) is 0 Å². The number of nitrogens with one attached hydrogen (secondary N) is 1. The molecule has 0 aliphatic heterocycles. The lowest BCUT2D eigenvalue weighted by atomic mass is 10.2. The molecule has 1 atom stereocenters. The van der Waals surface area contributed by atoms with Gasteiger partial charge in [-0.05, 0) is 41.6 Å². The summed E-state index contributed by atoms with van der Waals surface area (Å²) in [5, 5.41) is 13.9. The van der Waals surface area contributed by atoms with E-state index in [1.165, 1.54) is 6.07 Å². The number of nitro groups is 1. The first-order chi connectivity index (χ1) is 7.54. The highest BCUT2D eigenvalue weighted by atomic mass is 127. The first-order valence-corrected chi connectivity index (χ1v) is 5.82. The molecule has 0 aliphatic carbocycles. The number of benzene rings is 1. The van der Waals surface area contributed by atoms with Crippen LogP contribution in [0.5, 0.6) is 0 Å². The maximum Gasteiger partial charge on any atom is 0.292 e. The molecule has 0 bridgehead atoms. The van der Waals surface area contributed by atoms with Crippen LogP contribution in [-0.2, 0) is 4.74 Å². The first-order valence-electron chi connectivity index (χ1n) is 4.74. The highest BCUT2D eigenvalue weighted by molar-refractivity contribution is 14.1. The highest BCUT2D eigenvalue weighted by Gasteiger charge is 2.15. The van der Waals surface area contributed by atoms with E-state index in [1.807, 2.05) is 6.92 Å². The van der Waals surface area contributed by atoms with E-state index in [0.29, 0.717) is 12.3 Å². The summed E-state index contributed by atoms with van der Waals surface area (Å²) in [5.41, 5.74) is 0.616. The third-order valence-corrected chi connectivity index (χ3v) is 2.64. The number of rotatable bonds is 5. The fraction of sp³-hybridized carbons (Fsp3) is 0.400. The van der Waals surface area contributed by atoms with Crippen molar-refractivity contribution < 1.29 is 9.66 Å². The van der Waals surface area contributed by atoms with Crippen molar-refractivity contribution in [3.8, 4) is 0 Å². The Morgan fingerprint density at radius 3 is 2.88 bits per heavy atom. The highest BCUT2D eigenvalue weighted by Crippen LogP contribution is 2.26. The van der Waals surface area contributed by atoms with Crippen molar-refractivity contribution in [3.63, 3.8) is 0 Å². The van der Waals surface area contributed by atoms with E-state index >= 15 is 0 Å². The van der Waals surface area contributed by atoms with Crippen LogP contribution in [0.1, 0.15) is 6.92 Å². The van der Waals surface area contributed by atoms with Gasteiger partial charge in [0.15, 0.2) is 0 Å². The Morgan fingerprint density at radius 2 is 2.31 bits per heavy atom. The number of ether oxygens (including phenoxy) is 1. The first kappa shape index (κ1) is 13.2. The van der Waals surface area contributed by atoms with Gasteiger partial charge in [0, 0.05) is 22.8 Å². The molecule has 0 amide bonds. The molecule has 0 unspecified atom stereocenters. The normalized spacial score (nSPS) is 12.2. The standard InChI is InChI=1S/C10H13IN2O3/c1-7(6-16-2)12-9-5-8(11)3-4-10(9)13(14)15/h3-5,7,12H,6H2,1-2H3/t7-/m1/s1. The summed E-state index contributed by atoms with van der Waals surface area (Å²) in [6.45, 7) is 2.41. The van der Waals surface area contributed by atoms with Crippen LogP contribution in [0.25, 0.3) is 0 Å². The van der Waals surface area contributed by atoms with Crippen LogP contribution in [0.2, 0.25) is 0 Å². The van der Waals surface area contributed by atoms with Crippen LogP contribution >= 0.6 is 22.6 Å².